The molecular formula is C12H15N5O. The topological polar surface area (TPSA) is 72.7 Å². The van der Waals surface area contributed by atoms with E-state index >= 15 is 0 Å². The lowest BCUT2D eigenvalue weighted by atomic mass is 10.1. The smallest absolute Gasteiger partial charge is 0.241 e. The molecule has 0 bridgehead atoms. The summed E-state index contributed by atoms with van der Waals surface area (Å²) in [6, 6.07) is 10.2. The molecule has 0 spiro atoms. The summed E-state index contributed by atoms with van der Waals surface area (Å²) in [4.78, 5) is 11.5. The average Bonchev–Trinajstić information content (AvgIpc) is 2.89. The number of amides is 1. The molecule has 1 heterocycles. The summed E-state index contributed by atoms with van der Waals surface area (Å²) in [6.07, 6.45) is 3.31. The number of benzene rings is 1. The van der Waals surface area contributed by atoms with E-state index in [1.54, 1.807) is 0 Å². The fraction of sp³-hybridized carbons (Fsp3) is 0.333. The first-order valence-corrected chi connectivity index (χ1v) is 5.86. The summed E-state index contributed by atoms with van der Waals surface area (Å²) in [7, 11) is 0. The fourth-order valence-electron chi connectivity index (χ4n) is 1.62. The van der Waals surface area contributed by atoms with Gasteiger partial charge in [-0.05, 0) is 28.8 Å². The van der Waals surface area contributed by atoms with Crippen LogP contribution in [0.1, 0.15) is 12.0 Å². The van der Waals surface area contributed by atoms with Gasteiger partial charge in [-0.3, -0.25) is 4.79 Å². The molecule has 0 aliphatic rings. The van der Waals surface area contributed by atoms with Crippen molar-refractivity contribution in [3.05, 3.63) is 42.2 Å². The minimum atomic E-state index is -0.0737. The minimum Gasteiger partial charge on any atom is -0.354 e. The van der Waals surface area contributed by atoms with Crippen LogP contribution in [0, 0.1) is 0 Å². The lowest BCUT2D eigenvalue weighted by Crippen LogP contribution is -2.28. The second-order valence-electron chi connectivity index (χ2n) is 3.95. The summed E-state index contributed by atoms with van der Waals surface area (Å²) >= 11 is 0. The molecule has 6 nitrogen and oxygen atoms in total. The predicted molar refractivity (Wildman–Crippen MR) is 65.6 cm³/mol. The quantitative estimate of drug-likeness (QED) is 0.749. The first kappa shape index (κ1) is 12.2. The molecule has 2 rings (SSSR count). The van der Waals surface area contributed by atoms with Crippen molar-refractivity contribution < 1.29 is 4.79 Å². The zero-order chi connectivity index (χ0) is 12.6. The number of hydrogen-bond acceptors (Lipinski definition) is 4. The fourth-order valence-corrected chi connectivity index (χ4v) is 1.62. The maximum atomic E-state index is 11.5. The zero-order valence-electron chi connectivity index (χ0n) is 9.99. The molecule has 0 aliphatic carbocycles. The number of nitrogens with zero attached hydrogens (tertiary/aromatic N) is 4. The van der Waals surface area contributed by atoms with Gasteiger partial charge in [0.25, 0.3) is 0 Å². The molecule has 0 radical (unpaired) electrons. The second-order valence-corrected chi connectivity index (χ2v) is 3.95. The van der Waals surface area contributed by atoms with E-state index < -0.39 is 0 Å². The van der Waals surface area contributed by atoms with Gasteiger partial charge in [-0.1, -0.05) is 30.3 Å². The number of aryl methyl sites for hydroxylation is 1. The van der Waals surface area contributed by atoms with Gasteiger partial charge in [-0.2, -0.15) is 0 Å². The SMILES string of the molecule is O=C(Cn1cnnn1)NCCCc1ccccc1. The molecule has 0 saturated heterocycles. The Bertz CT molecular complexity index is 468. The molecule has 18 heavy (non-hydrogen) atoms. The van der Waals surface area contributed by atoms with Crippen LogP contribution in [-0.4, -0.2) is 32.7 Å². The number of nitrogens with one attached hydrogen (secondary N) is 1. The van der Waals surface area contributed by atoms with Crippen molar-refractivity contribution in [2.45, 2.75) is 19.4 Å². The molecule has 1 amide bonds. The third-order valence-electron chi connectivity index (χ3n) is 2.50. The molecule has 94 valence electrons. The van der Waals surface area contributed by atoms with E-state index in [9.17, 15) is 4.79 Å². The number of tetrazole rings is 1. The molecule has 0 atom stereocenters. The van der Waals surface area contributed by atoms with Crippen molar-refractivity contribution >= 4 is 5.91 Å². The molecule has 1 N–H and O–H groups in total. The maximum Gasteiger partial charge on any atom is 0.241 e. The Balaban J connectivity index is 1.62. The van der Waals surface area contributed by atoms with Crippen molar-refractivity contribution in [1.82, 2.24) is 25.5 Å². The average molecular weight is 245 g/mol. The Morgan fingerprint density at radius 2 is 2.11 bits per heavy atom. The summed E-state index contributed by atoms with van der Waals surface area (Å²) in [5.74, 6) is -0.0737. The zero-order valence-corrected chi connectivity index (χ0v) is 9.99. The molecule has 2 aromatic rings. The largest absolute Gasteiger partial charge is 0.354 e. The van der Waals surface area contributed by atoms with E-state index in [0.717, 1.165) is 12.8 Å². The van der Waals surface area contributed by atoms with Crippen LogP contribution in [0.25, 0.3) is 0 Å². The van der Waals surface area contributed by atoms with Crippen molar-refractivity contribution in [3.63, 3.8) is 0 Å². The highest BCUT2D eigenvalue weighted by Crippen LogP contribution is 2.01. The van der Waals surface area contributed by atoms with Gasteiger partial charge in [-0.15, -0.1) is 5.10 Å². The maximum absolute atomic E-state index is 11.5. The first-order valence-electron chi connectivity index (χ1n) is 5.86. The van der Waals surface area contributed by atoms with Crippen LogP contribution in [0.2, 0.25) is 0 Å². The lowest BCUT2D eigenvalue weighted by molar-refractivity contribution is -0.121. The summed E-state index contributed by atoms with van der Waals surface area (Å²) in [5, 5.41) is 13.4. The number of aromatic nitrogens is 4. The van der Waals surface area contributed by atoms with Crippen LogP contribution in [0.15, 0.2) is 36.7 Å². The van der Waals surface area contributed by atoms with Crippen molar-refractivity contribution in [1.29, 1.82) is 0 Å². The van der Waals surface area contributed by atoms with Crippen LogP contribution in [0.5, 0.6) is 0 Å². The van der Waals surface area contributed by atoms with Gasteiger partial charge >= 0.3 is 0 Å². The molecule has 1 aromatic carbocycles. The van der Waals surface area contributed by atoms with E-state index in [-0.39, 0.29) is 12.5 Å². The summed E-state index contributed by atoms with van der Waals surface area (Å²) in [5.41, 5.74) is 1.28. The van der Waals surface area contributed by atoms with Gasteiger partial charge in [0, 0.05) is 6.54 Å². The second kappa shape index (κ2) is 6.48. The standard InChI is InChI=1S/C12H15N5O/c18-12(9-17-10-14-15-16-17)13-8-4-7-11-5-2-1-3-6-11/h1-3,5-6,10H,4,7-9H2,(H,13,18). The highest BCUT2D eigenvalue weighted by Gasteiger charge is 2.02. The number of rotatable bonds is 6. The van der Waals surface area contributed by atoms with Gasteiger partial charge in [0.2, 0.25) is 5.91 Å². The normalized spacial score (nSPS) is 10.2. The molecule has 6 heteroatoms. The predicted octanol–water partition coefficient (Wildman–Crippen LogP) is 0.422. The van der Waals surface area contributed by atoms with Gasteiger partial charge in [0.05, 0.1) is 0 Å². The van der Waals surface area contributed by atoms with E-state index in [4.69, 9.17) is 0 Å². The highest BCUT2D eigenvalue weighted by atomic mass is 16.2. The van der Waals surface area contributed by atoms with Gasteiger partial charge in [-0.25, -0.2) is 4.68 Å². The Hall–Kier alpha value is -2.24. The molecule has 0 aliphatic heterocycles. The third kappa shape index (κ3) is 3.97. The van der Waals surface area contributed by atoms with Crippen LogP contribution in [-0.2, 0) is 17.8 Å². The monoisotopic (exact) mass is 245 g/mol. The molecular weight excluding hydrogens is 230 g/mol. The van der Waals surface area contributed by atoms with Crippen LogP contribution < -0.4 is 5.32 Å². The summed E-state index contributed by atoms with van der Waals surface area (Å²) in [6.45, 7) is 0.828. The molecule has 0 fully saturated rings. The minimum absolute atomic E-state index is 0.0737. The van der Waals surface area contributed by atoms with E-state index in [1.807, 2.05) is 18.2 Å². The number of carbonyl (C=O) groups is 1. The van der Waals surface area contributed by atoms with Crippen molar-refractivity contribution in [2.24, 2.45) is 0 Å². The first-order chi connectivity index (χ1) is 8.84. The summed E-state index contributed by atoms with van der Waals surface area (Å²) < 4.78 is 1.40. The van der Waals surface area contributed by atoms with Crippen molar-refractivity contribution in [2.75, 3.05) is 6.54 Å². The van der Waals surface area contributed by atoms with Gasteiger partial charge in [0.1, 0.15) is 12.9 Å². The van der Waals surface area contributed by atoms with Gasteiger partial charge < -0.3 is 5.32 Å². The van der Waals surface area contributed by atoms with Gasteiger partial charge in [0.15, 0.2) is 0 Å². The number of hydrogen-bond donors (Lipinski definition) is 1. The Kier molecular flexibility index (Phi) is 4.40. The molecule has 0 saturated carbocycles. The Morgan fingerprint density at radius 1 is 1.28 bits per heavy atom. The molecule has 0 unspecified atom stereocenters. The Morgan fingerprint density at radius 3 is 2.83 bits per heavy atom. The molecule has 1 aromatic heterocycles. The van der Waals surface area contributed by atoms with E-state index in [1.165, 1.54) is 16.6 Å². The van der Waals surface area contributed by atoms with E-state index in [2.05, 4.69) is 33.0 Å². The highest BCUT2D eigenvalue weighted by molar-refractivity contribution is 5.75. The van der Waals surface area contributed by atoms with Crippen LogP contribution in [0.3, 0.4) is 0 Å². The number of carbonyl (C=O) groups excluding carboxylic acids is 1. The van der Waals surface area contributed by atoms with E-state index in [0.29, 0.717) is 6.54 Å². The lowest BCUT2D eigenvalue weighted by Gasteiger charge is -2.04. The van der Waals surface area contributed by atoms with Crippen LogP contribution in [0.4, 0.5) is 0 Å². The Labute approximate surface area is 105 Å². The van der Waals surface area contributed by atoms with Crippen molar-refractivity contribution in [3.8, 4) is 0 Å². The third-order valence-corrected chi connectivity index (χ3v) is 2.50. The van der Waals surface area contributed by atoms with Crippen LogP contribution >= 0.6 is 0 Å².